The molecule has 0 radical (unpaired) electrons. The van der Waals surface area contributed by atoms with Crippen molar-refractivity contribution in [2.24, 2.45) is 0 Å². The third-order valence-electron chi connectivity index (χ3n) is 4.20. The number of rotatable bonds is 5. The Bertz CT molecular complexity index is 840. The van der Waals surface area contributed by atoms with Crippen LogP contribution < -0.4 is 10.5 Å². The number of amides is 1. The first-order valence-electron chi connectivity index (χ1n) is 8.14. The number of piperazine rings is 1. The number of fused-ring (bicyclic) bond motifs is 1. The van der Waals surface area contributed by atoms with E-state index < -0.39 is 0 Å². The summed E-state index contributed by atoms with van der Waals surface area (Å²) in [4.78, 5) is 37.2. The normalized spacial score (nSPS) is 14.8. The molecule has 1 fully saturated rings. The smallest absolute Gasteiger partial charge is 0.295 e. The van der Waals surface area contributed by atoms with Crippen LogP contribution in [0.15, 0.2) is 35.8 Å². The molecule has 0 bridgehead atoms. The maximum atomic E-state index is 12.9. The predicted octanol–water partition coefficient (Wildman–Crippen LogP) is 0.273. The molecule has 3 rings (SSSR count). The zero-order chi connectivity index (χ0) is 17.8. The highest BCUT2D eigenvalue weighted by molar-refractivity contribution is 5.78. The number of methoxy groups -OCH3 is 1. The minimum Gasteiger partial charge on any atom is -0.375 e. The minimum absolute atomic E-state index is 0.0399. The second kappa shape index (κ2) is 7.43. The summed E-state index contributed by atoms with van der Waals surface area (Å²) >= 11 is 0. The van der Waals surface area contributed by atoms with Crippen LogP contribution in [0.25, 0.3) is 11.2 Å². The number of carbonyl (C=O) groups is 1. The molecule has 1 aliphatic rings. The molecular formula is C17H21N5O3. The molecule has 1 saturated heterocycles. The lowest BCUT2D eigenvalue weighted by atomic mass is 10.3. The first-order valence-corrected chi connectivity index (χ1v) is 8.14. The summed E-state index contributed by atoms with van der Waals surface area (Å²) in [5.41, 5.74) is 1.02. The largest absolute Gasteiger partial charge is 0.375 e. The number of pyridine rings is 1. The van der Waals surface area contributed by atoms with Crippen LogP contribution in [0, 0.1) is 0 Å². The summed E-state index contributed by atoms with van der Waals surface area (Å²) in [6, 6.07) is 3.63. The number of aromatic nitrogens is 3. The van der Waals surface area contributed by atoms with Crippen molar-refractivity contribution in [2.45, 2.75) is 6.54 Å². The van der Waals surface area contributed by atoms with Crippen LogP contribution in [0.2, 0.25) is 0 Å². The van der Waals surface area contributed by atoms with E-state index in [1.54, 1.807) is 27.8 Å². The molecule has 25 heavy (non-hydrogen) atoms. The van der Waals surface area contributed by atoms with Crippen molar-refractivity contribution >= 4 is 22.9 Å². The van der Waals surface area contributed by atoms with Crippen LogP contribution >= 0.6 is 0 Å². The summed E-state index contributed by atoms with van der Waals surface area (Å²) in [6.45, 7) is 6.34. The molecule has 8 heteroatoms. The standard InChI is InChI=1S/C17H21N5O3/c1-3-7-22-15-13(5-4-6-18-15)19-16(17(22)24)21-10-8-20(9-11-21)14(23)12-25-2/h3-6H,1,7-12H2,2H3. The number of ether oxygens (including phenoxy) is 1. The number of hydrogen-bond donors (Lipinski definition) is 0. The van der Waals surface area contributed by atoms with Crippen LogP contribution in [0.1, 0.15) is 0 Å². The van der Waals surface area contributed by atoms with Crippen molar-refractivity contribution in [1.82, 2.24) is 19.4 Å². The Kier molecular flexibility index (Phi) is 5.08. The highest BCUT2D eigenvalue weighted by Gasteiger charge is 2.24. The third-order valence-corrected chi connectivity index (χ3v) is 4.20. The quantitative estimate of drug-likeness (QED) is 0.725. The first-order chi connectivity index (χ1) is 12.2. The van der Waals surface area contributed by atoms with Crippen molar-refractivity contribution in [1.29, 1.82) is 0 Å². The molecular weight excluding hydrogens is 322 g/mol. The average Bonchev–Trinajstić information content (AvgIpc) is 2.64. The van der Waals surface area contributed by atoms with E-state index in [1.165, 1.54) is 7.11 Å². The Morgan fingerprint density at radius 2 is 2.12 bits per heavy atom. The number of allylic oxidation sites excluding steroid dienone is 1. The maximum Gasteiger partial charge on any atom is 0.295 e. The van der Waals surface area contributed by atoms with E-state index in [1.807, 2.05) is 11.0 Å². The van der Waals surface area contributed by atoms with Crippen molar-refractivity contribution < 1.29 is 9.53 Å². The fourth-order valence-electron chi connectivity index (χ4n) is 2.95. The molecule has 0 aromatic carbocycles. The molecule has 8 nitrogen and oxygen atoms in total. The number of nitrogens with zero attached hydrogens (tertiary/aromatic N) is 5. The van der Waals surface area contributed by atoms with Gasteiger partial charge in [0, 0.05) is 46.0 Å². The lowest BCUT2D eigenvalue weighted by molar-refractivity contribution is -0.135. The van der Waals surface area contributed by atoms with Gasteiger partial charge in [-0.25, -0.2) is 9.97 Å². The molecule has 2 aromatic rings. The zero-order valence-electron chi connectivity index (χ0n) is 14.2. The monoisotopic (exact) mass is 343 g/mol. The van der Waals surface area contributed by atoms with Gasteiger partial charge in [-0.2, -0.15) is 0 Å². The molecule has 0 saturated carbocycles. The van der Waals surface area contributed by atoms with Crippen LogP contribution in [-0.2, 0) is 16.1 Å². The Morgan fingerprint density at radius 1 is 1.36 bits per heavy atom. The highest BCUT2D eigenvalue weighted by Crippen LogP contribution is 2.14. The van der Waals surface area contributed by atoms with Crippen LogP contribution in [0.3, 0.4) is 0 Å². The molecule has 0 atom stereocenters. The molecule has 1 aliphatic heterocycles. The molecule has 0 aliphatic carbocycles. The number of hydrogen-bond acceptors (Lipinski definition) is 6. The number of anilines is 1. The Labute approximate surface area is 145 Å². The highest BCUT2D eigenvalue weighted by atomic mass is 16.5. The zero-order valence-corrected chi connectivity index (χ0v) is 14.2. The topological polar surface area (TPSA) is 80.6 Å². The molecule has 1 amide bonds. The summed E-state index contributed by atoms with van der Waals surface area (Å²) in [6.07, 6.45) is 3.31. The Morgan fingerprint density at radius 3 is 2.80 bits per heavy atom. The van der Waals surface area contributed by atoms with Gasteiger partial charge in [0.05, 0.1) is 0 Å². The van der Waals surface area contributed by atoms with Crippen molar-refractivity contribution in [2.75, 3.05) is 44.8 Å². The van der Waals surface area contributed by atoms with E-state index in [9.17, 15) is 9.59 Å². The first kappa shape index (κ1) is 17.1. The predicted molar refractivity (Wildman–Crippen MR) is 94.7 cm³/mol. The summed E-state index contributed by atoms with van der Waals surface area (Å²) in [7, 11) is 1.50. The van der Waals surface area contributed by atoms with Crippen LogP contribution in [0.4, 0.5) is 5.82 Å². The van der Waals surface area contributed by atoms with Gasteiger partial charge in [-0.05, 0) is 12.1 Å². The van der Waals surface area contributed by atoms with Gasteiger partial charge in [0.1, 0.15) is 12.1 Å². The van der Waals surface area contributed by atoms with Crippen molar-refractivity contribution in [3.8, 4) is 0 Å². The van der Waals surface area contributed by atoms with Crippen LogP contribution in [0.5, 0.6) is 0 Å². The Hall–Kier alpha value is -2.74. The molecule has 132 valence electrons. The van der Waals surface area contributed by atoms with E-state index in [4.69, 9.17) is 4.74 Å². The van der Waals surface area contributed by atoms with Gasteiger partial charge >= 0.3 is 0 Å². The van der Waals surface area contributed by atoms with E-state index in [-0.39, 0.29) is 18.1 Å². The minimum atomic E-state index is -0.192. The lowest BCUT2D eigenvalue weighted by Crippen LogP contribution is -2.51. The van der Waals surface area contributed by atoms with E-state index in [2.05, 4.69) is 16.5 Å². The van der Waals surface area contributed by atoms with E-state index >= 15 is 0 Å². The van der Waals surface area contributed by atoms with Crippen molar-refractivity contribution in [3.63, 3.8) is 0 Å². The number of carbonyl (C=O) groups excluding carboxylic acids is 1. The second-order valence-electron chi connectivity index (χ2n) is 5.79. The van der Waals surface area contributed by atoms with Crippen molar-refractivity contribution in [3.05, 3.63) is 41.3 Å². The third kappa shape index (κ3) is 3.39. The van der Waals surface area contributed by atoms with E-state index in [0.717, 1.165) is 0 Å². The molecule has 0 spiro atoms. The fourth-order valence-corrected chi connectivity index (χ4v) is 2.95. The van der Waals surface area contributed by atoms with Gasteiger partial charge in [-0.1, -0.05) is 6.08 Å². The Balaban J connectivity index is 1.89. The van der Waals surface area contributed by atoms with Gasteiger partial charge in [0.2, 0.25) is 5.91 Å². The molecule has 2 aromatic heterocycles. The van der Waals surface area contributed by atoms with Gasteiger partial charge < -0.3 is 14.5 Å². The molecule has 3 heterocycles. The lowest BCUT2D eigenvalue weighted by Gasteiger charge is -2.35. The fraction of sp³-hybridized carbons (Fsp3) is 0.412. The average molecular weight is 343 g/mol. The van der Waals surface area contributed by atoms with Gasteiger partial charge in [-0.3, -0.25) is 14.2 Å². The maximum absolute atomic E-state index is 12.9. The molecule has 0 unspecified atom stereocenters. The van der Waals surface area contributed by atoms with Crippen LogP contribution in [-0.4, -0.2) is 65.2 Å². The second-order valence-corrected chi connectivity index (χ2v) is 5.79. The van der Waals surface area contributed by atoms with Gasteiger partial charge in [0.25, 0.3) is 5.56 Å². The van der Waals surface area contributed by atoms with E-state index in [0.29, 0.717) is 49.7 Å². The molecule has 0 N–H and O–H groups in total. The summed E-state index contributed by atoms with van der Waals surface area (Å²) in [5.74, 6) is 0.350. The summed E-state index contributed by atoms with van der Waals surface area (Å²) < 4.78 is 6.47. The SMILES string of the molecule is C=CCn1c(=O)c(N2CCN(C(=O)COC)CC2)nc2cccnc21. The van der Waals surface area contributed by atoms with Gasteiger partial charge in [-0.15, -0.1) is 6.58 Å². The summed E-state index contributed by atoms with van der Waals surface area (Å²) in [5, 5.41) is 0. The van der Waals surface area contributed by atoms with Gasteiger partial charge in [0.15, 0.2) is 11.5 Å².